The van der Waals surface area contributed by atoms with Crippen LogP contribution in [0.25, 0.3) is 39.7 Å². The minimum Gasteiger partial charge on any atom is -0.255 e. The molecule has 138 valence electrons. The third-order valence-electron chi connectivity index (χ3n) is 4.49. The van der Waals surface area contributed by atoms with Crippen LogP contribution < -0.4 is 0 Å². The summed E-state index contributed by atoms with van der Waals surface area (Å²) in [4.78, 5) is 13.7. The summed E-state index contributed by atoms with van der Waals surface area (Å²) in [7, 11) is 0. The van der Waals surface area contributed by atoms with Crippen LogP contribution in [0.2, 0.25) is 0 Å². The first-order chi connectivity index (χ1) is 14.4. The molecule has 4 heterocycles. The van der Waals surface area contributed by atoms with Gasteiger partial charge >= 0.3 is 0 Å². The molecule has 0 radical (unpaired) electrons. The van der Waals surface area contributed by atoms with Gasteiger partial charge in [0.15, 0.2) is 0 Å². The van der Waals surface area contributed by atoms with Gasteiger partial charge in [-0.3, -0.25) is 9.97 Å². The molecule has 29 heavy (non-hydrogen) atoms. The van der Waals surface area contributed by atoms with Gasteiger partial charge in [0, 0.05) is 18.0 Å². The van der Waals surface area contributed by atoms with Gasteiger partial charge in [-0.1, -0.05) is 47.7 Å². The Morgan fingerprint density at radius 3 is 1.79 bits per heavy atom. The summed E-state index contributed by atoms with van der Waals surface area (Å²) in [6.45, 7) is 0. The predicted molar refractivity (Wildman–Crippen MR) is 111 cm³/mol. The van der Waals surface area contributed by atoms with Crippen LogP contribution in [0.3, 0.4) is 0 Å². The number of aromatic nitrogens is 6. The molecule has 0 unspecified atom stereocenters. The smallest absolute Gasteiger partial charge is 0.113 e. The third kappa shape index (κ3) is 3.51. The molecule has 0 fully saturated rings. The van der Waals surface area contributed by atoms with Crippen LogP contribution in [0.1, 0.15) is 0 Å². The fraction of sp³-hybridized carbons (Fsp3) is 0. The lowest BCUT2D eigenvalue weighted by molar-refractivity contribution is 0.803. The van der Waals surface area contributed by atoms with Gasteiger partial charge in [0.05, 0.1) is 34.7 Å². The average molecular weight is 376 g/mol. The van der Waals surface area contributed by atoms with Crippen molar-refractivity contribution < 1.29 is 0 Å². The molecular weight excluding hydrogens is 360 g/mol. The molecule has 6 nitrogen and oxygen atoms in total. The quantitative estimate of drug-likeness (QED) is 0.463. The molecule has 5 aromatic rings. The van der Waals surface area contributed by atoms with Gasteiger partial charge in [-0.15, -0.1) is 5.10 Å². The summed E-state index contributed by atoms with van der Waals surface area (Å²) in [6, 6.07) is 25.4. The van der Waals surface area contributed by atoms with Crippen LogP contribution in [0, 0.1) is 0 Å². The van der Waals surface area contributed by atoms with Crippen molar-refractivity contribution in [2.75, 3.05) is 0 Å². The maximum absolute atomic E-state index is 4.78. The fourth-order valence-corrected chi connectivity index (χ4v) is 3.07. The average Bonchev–Trinajstić information content (AvgIpc) is 3.31. The number of rotatable bonds is 4. The molecule has 0 N–H and O–H groups in total. The summed E-state index contributed by atoms with van der Waals surface area (Å²) in [6.07, 6.45) is 5.43. The van der Waals surface area contributed by atoms with E-state index < -0.39 is 0 Å². The molecule has 0 aliphatic rings. The van der Waals surface area contributed by atoms with Crippen molar-refractivity contribution >= 4 is 0 Å². The Balaban J connectivity index is 1.64. The summed E-state index contributed by atoms with van der Waals surface area (Å²) >= 11 is 0. The first-order valence-corrected chi connectivity index (χ1v) is 9.20. The Kier molecular flexibility index (Phi) is 4.35. The van der Waals surface area contributed by atoms with E-state index in [1.807, 2.05) is 85.1 Å². The van der Waals surface area contributed by atoms with Crippen LogP contribution in [-0.4, -0.2) is 29.9 Å². The minimum absolute atomic E-state index is 0.750. The second-order valence-corrected chi connectivity index (χ2v) is 6.44. The lowest BCUT2D eigenvalue weighted by Crippen LogP contribution is -2.00. The highest BCUT2D eigenvalue weighted by atomic mass is 15.4. The zero-order valence-electron chi connectivity index (χ0n) is 15.4. The maximum Gasteiger partial charge on any atom is 0.113 e. The minimum atomic E-state index is 0.750. The largest absolute Gasteiger partial charge is 0.255 e. The first kappa shape index (κ1) is 16.9. The van der Waals surface area contributed by atoms with Crippen LogP contribution in [0.5, 0.6) is 0 Å². The third-order valence-corrected chi connectivity index (χ3v) is 4.49. The van der Waals surface area contributed by atoms with Crippen LogP contribution >= 0.6 is 0 Å². The molecule has 0 aliphatic carbocycles. The second kappa shape index (κ2) is 7.44. The predicted octanol–water partition coefficient (Wildman–Crippen LogP) is 4.45. The molecule has 5 rings (SSSR count). The molecule has 0 saturated heterocycles. The van der Waals surface area contributed by atoms with Crippen molar-refractivity contribution in [3.63, 3.8) is 0 Å². The van der Waals surface area contributed by atoms with E-state index in [1.54, 1.807) is 17.1 Å². The molecule has 0 amide bonds. The number of nitrogens with zero attached hydrogens (tertiary/aromatic N) is 6. The topological polar surface area (TPSA) is 69.4 Å². The van der Waals surface area contributed by atoms with Crippen molar-refractivity contribution in [2.24, 2.45) is 0 Å². The highest BCUT2D eigenvalue weighted by molar-refractivity contribution is 5.66. The number of benzene rings is 1. The Morgan fingerprint density at radius 1 is 0.586 bits per heavy atom. The standard InChI is InChI=1S/C23H16N6/c1-2-8-17(9-3-1)23-16-29(28-27-23)18-14-21(19-10-4-6-12-24-19)26-22(15-18)20-11-5-7-13-25-20/h1-16H. The van der Waals surface area contributed by atoms with Crippen LogP contribution in [-0.2, 0) is 0 Å². The van der Waals surface area contributed by atoms with Crippen LogP contribution in [0.4, 0.5) is 0 Å². The SMILES string of the molecule is c1ccc(-c2cn(-c3cc(-c4ccccn4)nc(-c4ccccn4)c3)nn2)cc1. The normalized spacial score (nSPS) is 10.8. The zero-order chi connectivity index (χ0) is 19.5. The molecule has 0 atom stereocenters. The Morgan fingerprint density at radius 2 is 1.21 bits per heavy atom. The lowest BCUT2D eigenvalue weighted by atomic mass is 10.1. The van der Waals surface area contributed by atoms with Gasteiger partial charge in [0.25, 0.3) is 0 Å². The van der Waals surface area contributed by atoms with Gasteiger partial charge in [-0.05, 0) is 36.4 Å². The van der Waals surface area contributed by atoms with Crippen LogP contribution in [0.15, 0.2) is 97.5 Å². The van der Waals surface area contributed by atoms with Crippen molar-refractivity contribution in [1.29, 1.82) is 0 Å². The van der Waals surface area contributed by atoms with E-state index in [1.165, 1.54) is 0 Å². The molecule has 0 saturated carbocycles. The fourth-order valence-electron chi connectivity index (χ4n) is 3.07. The summed E-state index contributed by atoms with van der Waals surface area (Å²) < 4.78 is 1.75. The number of hydrogen-bond acceptors (Lipinski definition) is 5. The van der Waals surface area contributed by atoms with E-state index >= 15 is 0 Å². The van der Waals surface area contributed by atoms with E-state index in [9.17, 15) is 0 Å². The van der Waals surface area contributed by atoms with E-state index in [-0.39, 0.29) is 0 Å². The van der Waals surface area contributed by atoms with Crippen molar-refractivity contribution in [1.82, 2.24) is 29.9 Å². The summed E-state index contributed by atoms with van der Waals surface area (Å²) in [5.41, 5.74) is 5.74. The van der Waals surface area contributed by atoms with E-state index in [2.05, 4.69) is 20.3 Å². The van der Waals surface area contributed by atoms with Crippen molar-refractivity contribution in [3.8, 4) is 39.7 Å². The molecule has 6 heteroatoms. The number of hydrogen-bond donors (Lipinski definition) is 0. The number of pyridine rings is 3. The molecular formula is C23H16N6. The Hall–Kier alpha value is -4.19. The van der Waals surface area contributed by atoms with Crippen molar-refractivity contribution in [3.05, 3.63) is 97.5 Å². The molecule has 0 aliphatic heterocycles. The lowest BCUT2D eigenvalue weighted by Gasteiger charge is -2.08. The van der Waals surface area contributed by atoms with Gasteiger partial charge in [0.2, 0.25) is 0 Å². The van der Waals surface area contributed by atoms with Gasteiger partial charge in [-0.25, -0.2) is 9.67 Å². The first-order valence-electron chi connectivity index (χ1n) is 9.20. The van der Waals surface area contributed by atoms with Gasteiger partial charge < -0.3 is 0 Å². The summed E-state index contributed by atoms with van der Waals surface area (Å²) in [5, 5.41) is 8.66. The van der Waals surface area contributed by atoms with Gasteiger partial charge in [0.1, 0.15) is 5.69 Å². The van der Waals surface area contributed by atoms with E-state index in [0.29, 0.717) is 0 Å². The Bertz CT molecular complexity index is 1180. The highest BCUT2D eigenvalue weighted by Gasteiger charge is 2.12. The second-order valence-electron chi connectivity index (χ2n) is 6.44. The maximum atomic E-state index is 4.78. The van der Waals surface area contributed by atoms with E-state index in [0.717, 1.165) is 39.7 Å². The Labute approximate surface area is 167 Å². The zero-order valence-corrected chi connectivity index (χ0v) is 15.4. The van der Waals surface area contributed by atoms with Crippen molar-refractivity contribution in [2.45, 2.75) is 0 Å². The van der Waals surface area contributed by atoms with Gasteiger partial charge in [-0.2, -0.15) is 0 Å². The molecule has 0 bridgehead atoms. The molecule has 4 aromatic heterocycles. The highest BCUT2D eigenvalue weighted by Crippen LogP contribution is 2.25. The monoisotopic (exact) mass is 376 g/mol. The molecule has 0 spiro atoms. The molecule has 1 aromatic carbocycles. The van der Waals surface area contributed by atoms with E-state index in [4.69, 9.17) is 4.98 Å². The summed E-state index contributed by atoms with van der Waals surface area (Å²) in [5.74, 6) is 0.